The number of primary amides is 1. The molecule has 0 aliphatic heterocycles. The van der Waals surface area contributed by atoms with Gasteiger partial charge in [0.2, 0.25) is 5.91 Å². The van der Waals surface area contributed by atoms with Crippen LogP contribution in [0.25, 0.3) is 11.0 Å². The highest BCUT2D eigenvalue weighted by atomic mass is 32.2. The van der Waals surface area contributed by atoms with Gasteiger partial charge in [-0.1, -0.05) is 23.9 Å². The minimum atomic E-state index is -0.343. The third kappa shape index (κ3) is 2.55. The smallest absolute Gasteiger partial charge is 0.230 e. The van der Waals surface area contributed by atoms with Gasteiger partial charge in [-0.3, -0.25) is 4.79 Å². The molecule has 88 valence electrons. The first-order valence-corrected chi connectivity index (χ1v) is 6.15. The number of fused-ring (bicyclic) bond motifs is 1. The van der Waals surface area contributed by atoms with Gasteiger partial charge in [-0.2, -0.15) is 0 Å². The monoisotopic (exact) mass is 247 g/mol. The first kappa shape index (κ1) is 11.9. The summed E-state index contributed by atoms with van der Waals surface area (Å²) in [6.45, 7) is 3.65. The molecular weight excluding hydrogens is 234 g/mol. The van der Waals surface area contributed by atoms with Gasteiger partial charge in [0.25, 0.3) is 0 Å². The summed E-state index contributed by atoms with van der Waals surface area (Å²) in [5, 5.41) is 0.458. The van der Waals surface area contributed by atoms with Crippen molar-refractivity contribution in [2.75, 3.05) is 0 Å². The number of nitrogens with two attached hydrogens (primary N) is 1. The van der Waals surface area contributed by atoms with E-state index in [1.54, 1.807) is 6.92 Å². The number of carbonyl (C=O) groups is 1. The van der Waals surface area contributed by atoms with Gasteiger partial charge in [0.1, 0.15) is 5.03 Å². The van der Waals surface area contributed by atoms with Crippen molar-refractivity contribution in [1.82, 2.24) is 9.97 Å². The zero-order valence-electron chi connectivity index (χ0n) is 9.68. The van der Waals surface area contributed by atoms with Gasteiger partial charge in [0.05, 0.1) is 22.0 Å². The van der Waals surface area contributed by atoms with E-state index in [9.17, 15) is 4.79 Å². The fourth-order valence-electron chi connectivity index (χ4n) is 1.41. The molecule has 1 aromatic carbocycles. The number of amides is 1. The number of para-hydroxylation sites is 2. The molecule has 1 atom stereocenters. The Hall–Kier alpha value is -1.62. The highest BCUT2D eigenvalue weighted by molar-refractivity contribution is 8.00. The number of aromatic nitrogens is 2. The van der Waals surface area contributed by atoms with Gasteiger partial charge < -0.3 is 5.73 Å². The molecule has 1 aromatic heterocycles. The molecule has 17 heavy (non-hydrogen) atoms. The summed E-state index contributed by atoms with van der Waals surface area (Å²) >= 11 is 1.34. The minimum absolute atomic E-state index is 0.302. The maximum absolute atomic E-state index is 11.0. The van der Waals surface area contributed by atoms with Crippen molar-refractivity contribution in [3.8, 4) is 0 Å². The molecule has 0 saturated carbocycles. The topological polar surface area (TPSA) is 68.9 Å². The lowest BCUT2D eigenvalue weighted by atomic mass is 10.3. The van der Waals surface area contributed by atoms with E-state index in [1.165, 1.54) is 11.8 Å². The summed E-state index contributed by atoms with van der Waals surface area (Å²) in [4.78, 5) is 20.0. The molecule has 5 heteroatoms. The van der Waals surface area contributed by atoms with Gasteiger partial charge in [-0.25, -0.2) is 9.97 Å². The normalized spacial score (nSPS) is 12.6. The van der Waals surface area contributed by atoms with Gasteiger partial charge in [0, 0.05) is 0 Å². The van der Waals surface area contributed by atoms with Gasteiger partial charge in [-0.15, -0.1) is 0 Å². The summed E-state index contributed by atoms with van der Waals surface area (Å²) in [5.74, 6) is -0.343. The second-order valence-electron chi connectivity index (χ2n) is 3.77. The first-order chi connectivity index (χ1) is 8.08. The van der Waals surface area contributed by atoms with Crippen LogP contribution < -0.4 is 5.73 Å². The van der Waals surface area contributed by atoms with Crippen LogP contribution in [0.1, 0.15) is 12.6 Å². The number of benzene rings is 1. The van der Waals surface area contributed by atoms with Crippen molar-refractivity contribution < 1.29 is 4.79 Å². The molecule has 0 aliphatic rings. The van der Waals surface area contributed by atoms with E-state index >= 15 is 0 Å². The van der Waals surface area contributed by atoms with Crippen LogP contribution in [0.15, 0.2) is 29.3 Å². The Morgan fingerprint density at radius 2 is 1.88 bits per heavy atom. The van der Waals surface area contributed by atoms with Crippen molar-refractivity contribution in [1.29, 1.82) is 0 Å². The van der Waals surface area contributed by atoms with E-state index in [-0.39, 0.29) is 11.2 Å². The number of carbonyl (C=O) groups excluding carboxylic acids is 1. The fraction of sp³-hybridized carbons (Fsp3) is 0.250. The quantitative estimate of drug-likeness (QED) is 0.841. The van der Waals surface area contributed by atoms with E-state index in [2.05, 4.69) is 9.97 Å². The van der Waals surface area contributed by atoms with Crippen molar-refractivity contribution in [2.45, 2.75) is 24.1 Å². The Balaban J connectivity index is 2.40. The van der Waals surface area contributed by atoms with Crippen LogP contribution in [0.4, 0.5) is 0 Å². The molecule has 0 spiro atoms. The zero-order chi connectivity index (χ0) is 12.4. The maximum Gasteiger partial charge on any atom is 0.230 e. The molecule has 0 fully saturated rings. The SMILES string of the molecule is Cc1nc2ccccc2nc1SC(C)C(N)=O. The molecule has 1 heterocycles. The molecule has 0 saturated heterocycles. The summed E-state index contributed by atoms with van der Waals surface area (Å²) in [7, 11) is 0. The average Bonchev–Trinajstić information content (AvgIpc) is 2.29. The summed E-state index contributed by atoms with van der Waals surface area (Å²) in [6, 6.07) is 7.66. The molecule has 1 unspecified atom stereocenters. The number of hydrogen-bond donors (Lipinski definition) is 1. The van der Waals surface area contributed by atoms with E-state index < -0.39 is 0 Å². The highest BCUT2D eigenvalue weighted by Crippen LogP contribution is 2.25. The molecule has 2 rings (SSSR count). The van der Waals surface area contributed by atoms with Crippen molar-refractivity contribution >= 4 is 28.7 Å². The Kier molecular flexibility index (Phi) is 3.28. The average molecular weight is 247 g/mol. The number of aryl methyl sites for hydroxylation is 1. The lowest BCUT2D eigenvalue weighted by molar-refractivity contribution is -0.117. The van der Waals surface area contributed by atoms with Crippen LogP contribution >= 0.6 is 11.8 Å². The van der Waals surface area contributed by atoms with Crippen LogP contribution in [-0.4, -0.2) is 21.1 Å². The second kappa shape index (κ2) is 4.71. The number of rotatable bonds is 3. The number of nitrogens with zero attached hydrogens (tertiary/aromatic N) is 2. The first-order valence-electron chi connectivity index (χ1n) is 5.27. The number of hydrogen-bond acceptors (Lipinski definition) is 4. The Labute approximate surface area is 104 Å². The standard InChI is InChI=1S/C12H13N3OS/c1-7-12(17-8(2)11(13)16)15-10-6-4-3-5-9(10)14-7/h3-6,8H,1-2H3,(H2,13,16). The predicted molar refractivity (Wildman–Crippen MR) is 68.8 cm³/mol. The minimum Gasteiger partial charge on any atom is -0.369 e. The molecular formula is C12H13N3OS. The van der Waals surface area contributed by atoms with Crippen molar-refractivity contribution in [3.05, 3.63) is 30.0 Å². The van der Waals surface area contributed by atoms with Crippen LogP contribution in [0.3, 0.4) is 0 Å². The molecule has 0 aliphatic carbocycles. The van der Waals surface area contributed by atoms with Gasteiger partial charge >= 0.3 is 0 Å². The van der Waals surface area contributed by atoms with Crippen molar-refractivity contribution in [2.24, 2.45) is 5.73 Å². The predicted octanol–water partition coefficient (Wildman–Crippen LogP) is 1.90. The Bertz CT molecular complexity index is 571. The van der Waals surface area contributed by atoms with Gasteiger partial charge in [-0.05, 0) is 26.0 Å². The third-order valence-electron chi connectivity index (χ3n) is 2.39. The Morgan fingerprint density at radius 1 is 1.29 bits per heavy atom. The van der Waals surface area contributed by atoms with E-state index in [0.29, 0.717) is 0 Å². The summed E-state index contributed by atoms with van der Waals surface area (Å²) in [6.07, 6.45) is 0. The maximum atomic E-state index is 11.0. The van der Waals surface area contributed by atoms with Crippen LogP contribution in [0.2, 0.25) is 0 Å². The molecule has 2 N–H and O–H groups in total. The van der Waals surface area contributed by atoms with E-state index in [1.807, 2.05) is 31.2 Å². The van der Waals surface area contributed by atoms with Crippen LogP contribution in [0.5, 0.6) is 0 Å². The highest BCUT2D eigenvalue weighted by Gasteiger charge is 2.14. The summed E-state index contributed by atoms with van der Waals surface area (Å²) < 4.78 is 0. The van der Waals surface area contributed by atoms with Gasteiger partial charge in [0.15, 0.2) is 0 Å². The molecule has 2 aromatic rings. The largest absolute Gasteiger partial charge is 0.369 e. The summed E-state index contributed by atoms with van der Waals surface area (Å²) in [5.41, 5.74) is 7.75. The van der Waals surface area contributed by atoms with Crippen LogP contribution in [-0.2, 0) is 4.79 Å². The van der Waals surface area contributed by atoms with E-state index in [4.69, 9.17) is 5.73 Å². The molecule has 1 amide bonds. The van der Waals surface area contributed by atoms with E-state index in [0.717, 1.165) is 21.8 Å². The fourth-order valence-corrected chi connectivity index (χ4v) is 2.23. The lowest BCUT2D eigenvalue weighted by Gasteiger charge is -2.09. The molecule has 0 radical (unpaired) electrons. The second-order valence-corrected chi connectivity index (χ2v) is 5.09. The van der Waals surface area contributed by atoms with Crippen molar-refractivity contribution in [3.63, 3.8) is 0 Å². The molecule has 4 nitrogen and oxygen atoms in total. The zero-order valence-corrected chi connectivity index (χ0v) is 10.5. The van der Waals surface area contributed by atoms with Crippen LogP contribution in [0, 0.1) is 6.92 Å². The molecule has 0 bridgehead atoms. The Morgan fingerprint density at radius 3 is 2.47 bits per heavy atom. The third-order valence-corrected chi connectivity index (χ3v) is 3.59. The number of thioether (sulfide) groups is 1. The lowest BCUT2D eigenvalue weighted by Crippen LogP contribution is -2.22.